The molecule has 0 aromatic rings. The molecule has 1 rings (SSSR count). The van der Waals surface area contributed by atoms with Gasteiger partial charge in [0.25, 0.3) is 0 Å². The maximum Gasteiger partial charge on any atom is 0.118 e. The average Bonchev–Trinajstić information content (AvgIpc) is 2.14. The normalized spacial score (nSPS) is 24.2. The molecule has 1 heterocycles. The van der Waals surface area contributed by atoms with Crippen LogP contribution in [-0.2, 0) is 4.84 Å². The number of halogens is 1. The molecule has 0 bridgehead atoms. The molecular formula is C5H11ClN2O. The number of allylic oxidation sites excluding steroid dienone is 1. The van der Waals surface area contributed by atoms with E-state index in [0.29, 0.717) is 6.54 Å². The highest BCUT2D eigenvalue weighted by molar-refractivity contribution is 5.85. The molecule has 1 aliphatic heterocycles. The summed E-state index contributed by atoms with van der Waals surface area (Å²) in [5.74, 6) is 0. The summed E-state index contributed by atoms with van der Waals surface area (Å²) in [7, 11) is 0. The number of nitrogens with two attached hydrogens (primary N) is 1. The lowest BCUT2D eigenvalue weighted by molar-refractivity contribution is 0.0477. The molecule has 0 fully saturated rings. The summed E-state index contributed by atoms with van der Waals surface area (Å²) in [5, 5.41) is 0. The second kappa shape index (κ2) is 3.71. The van der Waals surface area contributed by atoms with Gasteiger partial charge in [-0.15, -0.1) is 12.4 Å². The molecule has 3 nitrogen and oxygen atoms in total. The molecule has 1 aliphatic rings. The van der Waals surface area contributed by atoms with E-state index in [1.807, 2.05) is 13.0 Å². The van der Waals surface area contributed by atoms with Crippen molar-refractivity contribution in [1.82, 2.24) is 5.48 Å². The van der Waals surface area contributed by atoms with Gasteiger partial charge in [-0.3, -0.25) is 10.3 Å². The largest absolute Gasteiger partial charge is 0.328 e. The number of nitrogens with one attached hydrogen (secondary N) is 1. The molecular weight excluding hydrogens is 140 g/mol. The zero-order valence-electron chi connectivity index (χ0n) is 5.26. The van der Waals surface area contributed by atoms with Crippen LogP contribution in [0.4, 0.5) is 0 Å². The van der Waals surface area contributed by atoms with E-state index in [9.17, 15) is 0 Å². The van der Waals surface area contributed by atoms with Crippen LogP contribution in [0.25, 0.3) is 0 Å². The predicted molar refractivity (Wildman–Crippen MR) is 38.1 cm³/mol. The lowest BCUT2D eigenvalue weighted by Gasteiger charge is -2.00. The van der Waals surface area contributed by atoms with E-state index in [1.165, 1.54) is 0 Å². The summed E-state index contributed by atoms with van der Waals surface area (Å²) in [6.07, 6.45) is 2.04. The summed E-state index contributed by atoms with van der Waals surface area (Å²) in [5.41, 5.74) is 9.03. The highest BCUT2D eigenvalue weighted by atomic mass is 35.5. The fraction of sp³-hybridized carbons (Fsp3) is 0.600. The molecule has 1 unspecified atom stereocenters. The number of rotatable bonds is 1. The Morgan fingerprint density at radius 1 is 1.89 bits per heavy atom. The van der Waals surface area contributed by atoms with Crippen molar-refractivity contribution in [3.8, 4) is 0 Å². The fourth-order valence-electron chi connectivity index (χ4n) is 0.632. The minimum Gasteiger partial charge on any atom is -0.328 e. The van der Waals surface area contributed by atoms with Crippen molar-refractivity contribution in [3.63, 3.8) is 0 Å². The van der Waals surface area contributed by atoms with Crippen molar-refractivity contribution >= 4 is 12.4 Å². The van der Waals surface area contributed by atoms with E-state index in [0.717, 1.165) is 5.70 Å². The lowest BCUT2D eigenvalue weighted by Crippen LogP contribution is -2.20. The van der Waals surface area contributed by atoms with Gasteiger partial charge in [0.15, 0.2) is 0 Å². The molecule has 0 radical (unpaired) electrons. The van der Waals surface area contributed by atoms with Gasteiger partial charge in [-0.25, -0.2) is 0 Å². The summed E-state index contributed by atoms with van der Waals surface area (Å²) >= 11 is 0. The van der Waals surface area contributed by atoms with Crippen LogP contribution in [0, 0.1) is 0 Å². The Morgan fingerprint density at radius 2 is 2.56 bits per heavy atom. The quantitative estimate of drug-likeness (QED) is 0.561. The Bertz CT molecular complexity index is 116. The molecule has 0 aromatic heterocycles. The van der Waals surface area contributed by atoms with Crippen molar-refractivity contribution < 1.29 is 4.84 Å². The standard InChI is InChI=1S/C5H10N2O.ClH/c1-4-2-5(3-6)8-7-4;/h2,5,7H,3,6H2,1H3;1H. The van der Waals surface area contributed by atoms with Gasteiger partial charge < -0.3 is 5.73 Å². The monoisotopic (exact) mass is 150 g/mol. The van der Waals surface area contributed by atoms with Gasteiger partial charge in [-0.2, -0.15) is 0 Å². The Labute approximate surface area is 60.6 Å². The molecule has 0 aliphatic carbocycles. The van der Waals surface area contributed by atoms with E-state index in [4.69, 9.17) is 10.6 Å². The first-order chi connectivity index (χ1) is 3.83. The Kier molecular flexibility index (Phi) is 3.61. The number of hydrogen-bond donors (Lipinski definition) is 2. The van der Waals surface area contributed by atoms with Gasteiger partial charge in [0.1, 0.15) is 6.10 Å². The molecule has 1 atom stereocenters. The van der Waals surface area contributed by atoms with Crippen LogP contribution in [-0.4, -0.2) is 12.6 Å². The third-order valence-corrected chi connectivity index (χ3v) is 1.04. The maximum atomic E-state index is 5.29. The van der Waals surface area contributed by atoms with Crippen LogP contribution in [0.15, 0.2) is 11.8 Å². The topological polar surface area (TPSA) is 47.3 Å². The van der Waals surface area contributed by atoms with Crippen LogP contribution in [0.3, 0.4) is 0 Å². The summed E-state index contributed by atoms with van der Waals surface area (Å²) in [6, 6.07) is 0. The lowest BCUT2D eigenvalue weighted by atomic mass is 10.3. The molecule has 0 saturated heterocycles. The molecule has 4 heteroatoms. The number of hydroxylamine groups is 1. The smallest absolute Gasteiger partial charge is 0.118 e. The Hall–Kier alpha value is -0.250. The molecule has 54 valence electrons. The fourth-order valence-corrected chi connectivity index (χ4v) is 0.632. The third kappa shape index (κ3) is 2.22. The zero-order valence-corrected chi connectivity index (χ0v) is 6.07. The second-order valence-corrected chi connectivity index (χ2v) is 1.84. The Morgan fingerprint density at radius 3 is 2.78 bits per heavy atom. The molecule has 0 amide bonds. The van der Waals surface area contributed by atoms with Gasteiger partial charge in [0.2, 0.25) is 0 Å². The predicted octanol–water partition coefficient (Wildman–Crippen LogP) is 0.174. The highest BCUT2D eigenvalue weighted by Crippen LogP contribution is 2.02. The molecule has 0 saturated carbocycles. The van der Waals surface area contributed by atoms with E-state index < -0.39 is 0 Å². The second-order valence-electron chi connectivity index (χ2n) is 1.84. The van der Waals surface area contributed by atoms with Gasteiger partial charge in [0.05, 0.1) is 0 Å². The van der Waals surface area contributed by atoms with Crippen molar-refractivity contribution in [3.05, 3.63) is 11.8 Å². The first-order valence-corrected chi connectivity index (χ1v) is 2.63. The summed E-state index contributed by atoms with van der Waals surface area (Å²) < 4.78 is 0. The summed E-state index contributed by atoms with van der Waals surface area (Å²) in [6.45, 7) is 2.49. The zero-order chi connectivity index (χ0) is 5.98. The first-order valence-electron chi connectivity index (χ1n) is 2.63. The molecule has 3 N–H and O–H groups in total. The molecule has 0 spiro atoms. The van der Waals surface area contributed by atoms with Crippen LogP contribution in [0.5, 0.6) is 0 Å². The molecule has 0 aromatic carbocycles. The highest BCUT2D eigenvalue weighted by Gasteiger charge is 2.09. The minimum atomic E-state index is 0. The summed E-state index contributed by atoms with van der Waals surface area (Å²) in [4.78, 5) is 4.95. The number of hydrogen-bond acceptors (Lipinski definition) is 3. The van der Waals surface area contributed by atoms with Gasteiger partial charge in [-0.1, -0.05) is 0 Å². The average molecular weight is 151 g/mol. The van der Waals surface area contributed by atoms with Crippen LogP contribution < -0.4 is 11.2 Å². The SMILES string of the molecule is CC1=CC(CN)ON1.Cl. The van der Waals surface area contributed by atoms with Gasteiger partial charge in [0, 0.05) is 12.2 Å². The van der Waals surface area contributed by atoms with Gasteiger partial charge in [-0.05, 0) is 13.0 Å². The van der Waals surface area contributed by atoms with Crippen LogP contribution >= 0.6 is 12.4 Å². The van der Waals surface area contributed by atoms with E-state index in [2.05, 4.69) is 5.48 Å². The van der Waals surface area contributed by atoms with Crippen molar-refractivity contribution in [1.29, 1.82) is 0 Å². The van der Waals surface area contributed by atoms with E-state index in [-0.39, 0.29) is 18.5 Å². The molecule has 9 heavy (non-hydrogen) atoms. The van der Waals surface area contributed by atoms with Crippen LogP contribution in [0.2, 0.25) is 0 Å². The van der Waals surface area contributed by atoms with Crippen LogP contribution in [0.1, 0.15) is 6.92 Å². The van der Waals surface area contributed by atoms with E-state index in [1.54, 1.807) is 0 Å². The maximum absolute atomic E-state index is 5.29. The van der Waals surface area contributed by atoms with Crippen molar-refractivity contribution in [2.75, 3.05) is 6.54 Å². The van der Waals surface area contributed by atoms with E-state index >= 15 is 0 Å². The van der Waals surface area contributed by atoms with Crippen molar-refractivity contribution in [2.24, 2.45) is 5.73 Å². The first kappa shape index (κ1) is 8.75. The minimum absolute atomic E-state index is 0. The Balaban J connectivity index is 0.000000640. The van der Waals surface area contributed by atoms with Gasteiger partial charge >= 0.3 is 0 Å². The third-order valence-electron chi connectivity index (χ3n) is 1.04. The van der Waals surface area contributed by atoms with Crippen molar-refractivity contribution in [2.45, 2.75) is 13.0 Å².